The number of pyridine rings is 1. The van der Waals surface area contributed by atoms with Gasteiger partial charge >= 0.3 is 0 Å². The number of amidine groups is 1. The quantitative estimate of drug-likeness (QED) is 0.762. The van der Waals surface area contributed by atoms with Crippen LogP contribution in [0.25, 0.3) is 10.9 Å². The third kappa shape index (κ3) is 1.99. The van der Waals surface area contributed by atoms with Crippen LogP contribution in [0.2, 0.25) is 0 Å². The molecule has 0 saturated heterocycles. The first-order chi connectivity index (χ1) is 8.84. The van der Waals surface area contributed by atoms with Crippen molar-refractivity contribution in [1.29, 1.82) is 0 Å². The minimum Gasteiger partial charge on any atom is -0.328 e. The Hall–Kier alpha value is -2.16. The molecule has 0 spiro atoms. The topological polar surface area (TPSA) is 28.5 Å². The molecule has 1 aliphatic heterocycles. The molecule has 0 aliphatic carbocycles. The monoisotopic (exact) mass is 237 g/mol. The Morgan fingerprint density at radius 1 is 1.22 bits per heavy atom. The van der Waals surface area contributed by atoms with E-state index in [1.807, 2.05) is 31.4 Å². The van der Waals surface area contributed by atoms with E-state index in [9.17, 15) is 0 Å². The van der Waals surface area contributed by atoms with Crippen molar-refractivity contribution < 1.29 is 0 Å². The number of likely N-dealkylation sites (N-methyl/N-ethyl adjacent to an activating group) is 1. The maximum Gasteiger partial charge on any atom is 0.127 e. The summed E-state index contributed by atoms with van der Waals surface area (Å²) in [6.45, 7) is 0.872. The van der Waals surface area contributed by atoms with Gasteiger partial charge in [-0.15, -0.1) is 0 Å². The average Bonchev–Trinajstić information content (AvgIpc) is 2.47. The Morgan fingerprint density at radius 3 is 2.94 bits per heavy atom. The molecule has 0 amide bonds. The molecule has 1 aliphatic rings. The Morgan fingerprint density at radius 2 is 2.11 bits per heavy atom. The summed E-state index contributed by atoms with van der Waals surface area (Å²) in [5.74, 6) is 0.998. The lowest BCUT2D eigenvalue weighted by Crippen LogP contribution is -2.26. The highest BCUT2D eigenvalue weighted by molar-refractivity contribution is 6.06. The summed E-state index contributed by atoms with van der Waals surface area (Å²) in [6, 6.07) is 10.3. The molecule has 3 nitrogen and oxygen atoms in total. The third-order valence-corrected chi connectivity index (χ3v) is 3.14. The molecule has 3 heteroatoms. The van der Waals surface area contributed by atoms with Gasteiger partial charge in [-0.3, -0.25) is 9.98 Å². The second-order valence-corrected chi connectivity index (χ2v) is 4.38. The molecule has 0 fully saturated rings. The summed E-state index contributed by atoms with van der Waals surface area (Å²) >= 11 is 0. The molecule has 1 aromatic heterocycles. The van der Waals surface area contributed by atoms with Crippen molar-refractivity contribution in [3.05, 3.63) is 48.7 Å². The summed E-state index contributed by atoms with van der Waals surface area (Å²) in [4.78, 5) is 11.1. The number of hydrogen-bond acceptors (Lipinski definition) is 3. The lowest BCUT2D eigenvalue weighted by molar-refractivity contribution is 0.980. The molecule has 0 radical (unpaired) electrons. The largest absolute Gasteiger partial charge is 0.328 e. The maximum atomic E-state index is 4.51. The number of benzene rings is 1. The minimum absolute atomic E-state index is 0.872. The van der Waals surface area contributed by atoms with Crippen LogP contribution in [0, 0.1) is 0 Å². The Bertz CT molecular complexity index is 628. The van der Waals surface area contributed by atoms with Crippen LogP contribution < -0.4 is 4.90 Å². The molecule has 0 N–H and O–H groups in total. The predicted molar refractivity (Wildman–Crippen MR) is 76.2 cm³/mol. The van der Waals surface area contributed by atoms with Gasteiger partial charge in [0.2, 0.25) is 0 Å². The molecule has 0 saturated carbocycles. The van der Waals surface area contributed by atoms with E-state index >= 15 is 0 Å². The van der Waals surface area contributed by atoms with Crippen molar-refractivity contribution in [2.24, 2.45) is 4.99 Å². The van der Waals surface area contributed by atoms with Crippen LogP contribution in [0.3, 0.4) is 0 Å². The lowest BCUT2D eigenvalue weighted by atomic mass is 10.2. The van der Waals surface area contributed by atoms with E-state index in [2.05, 4.69) is 39.2 Å². The fraction of sp³-hybridized carbons (Fsp3) is 0.200. The molecule has 2 heterocycles. The second kappa shape index (κ2) is 4.61. The summed E-state index contributed by atoms with van der Waals surface area (Å²) in [6.07, 6.45) is 7.16. The summed E-state index contributed by atoms with van der Waals surface area (Å²) in [5, 5.41) is 1.15. The van der Waals surface area contributed by atoms with Gasteiger partial charge in [0, 0.05) is 19.0 Å². The predicted octanol–water partition coefficient (Wildman–Crippen LogP) is 3.03. The van der Waals surface area contributed by atoms with Gasteiger partial charge in [0.15, 0.2) is 0 Å². The van der Waals surface area contributed by atoms with E-state index in [4.69, 9.17) is 0 Å². The van der Waals surface area contributed by atoms with Gasteiger partial charge < -0.3 is 4.90 Å². The molecule has 0 unspecified atom stereocenters. The number of hydrogen-bond donors (Lipinski definition) is 0. The van der Waals surface area contributed by atoms with Gasteiger partial charge in [0.1, 0.15) is 5.84 Å². The molecule has 0 atom stereocenters. The number of dihydropyridines is 1. The average molecular weight is 237 g/mol. The zero-order chi connectivity index (χ0) is 12.4. The van der Waals surface area contributed by atoms with Crippen LogP contribution in [0.4, 0.5) is 5.69 Å². The third-order valence-electron chi connectivity index (χ3n) is 3.14. The SMILES string of the molecule is CN(C1=NCCC=C1)c1cnc2ccccc2c1. The van der Waals surface area contributed by atoms with Gasteiger partial charge in [-0.25, -0.2) is 0 Å². The van der Waals surface area contributed by atoms with Crippen LogP contribution >= 0.6 is 0 Å². The molecule has 1 aromatic carbocycles. The molecule has 0 bridgehead atoms. The van der Waals surface area contributed by atoms with Crippen molar-refractivity contribution in [3.8, 4) is 0 Å². The summed E-state index contributed by atoms with van der Waals surface area (Å²) < 4.78 is 0. The lowest BCUT2D eigenvalue weighted by Gasteiger charge is -2.20. The van der Waals surface area contributed by atoms with Gasteiger partial charge in [0.05, 0.1) is 17.4 Å². The number of para-hydroxylation sites is 1. The molecule has 18 heavy (non-hydrogen) atoms. The Labute approximate surface area is 106 Å². The fourth-order valence-electron chi connectivity index (χ4n) is 2.09. The van der Waals surface area contributed by atoms with Gasteiger partial charge in [-0.05, 0) is 24.6 Å². The normalized spacial score (nSPS) is 14.6. The first-order valence-electron chi connectivity index (χ1n) is 6.14. The molecule has 90 valence electrons. The van der Waals surface area contributed by atoms with Crippen molar-refractivity contribution in [3.63, 3.8) is 0 Å². The molecule has 3 rings (SSSR count). The van der Waals surface area contributed by atoms with Crippen molar-refractivity contribution in [1.82, 2.24) is 4.98 Å². The number of anilines is 1. The van der Waals surface area contributed by atoms with Crippen molar-refractivity contribution >= 4 is 22.4 Å². The smallest absolute Gasteiger partial charge is 0.127 e. The maximum absolute atomic E-state index is 4.51. The van der Waals surface area contributed by atoms with Gasteiger partial charge in [-0.2, -0.15) is 0 Å². The minimum atomic E-state index is 0.872. The Balaban J connectivity index is 1.98. The molecular weight excluding hydrogens is 222 g/mol. The van der Waals surface area contributed by atoms with E-state index in [-0.39, 0.29) is 0 Å². The first kappa shape index (κ1) is 11.0. The molecule has 2 aromatic rings. The van der Waals surface area contributed by atoms with Crippen LogP contribution in [-0.2, 0) is 0 Å². The number of aromatic nitrogens is 1. The van der Waals surface area contributed by atoms with E-state index in [1.54, 1.807) is 0 Å². The van der Waals surface area contributed by atoms with Crippen LogP contribution in [0.5, 0.6) is 0 Å². The Kier molecular flexibility index (Phi) is 2.81. The van der Waals surface area contributed by atoms with Crippen LogP contribution in [0.1, 0.15) is 6.42 Å². The number of fused-ring (bicyclic) bond motifs is 1. The van der Waals surface area contributed by atoms with Crippen molar-refractivity contribution in [2.45, 2.75) is 6.42 Å². The molecular formula is C15H15N3. The number of nitrogens with zero attached hydrogens (tertiary/aromatic N) is 3. The van der Waals surface area contributed by atoms with Crippen LogP contribution in [0.15, 0.2) is 53.7 Å². The second-order valence-electron chi connectivity index (χ2n) is 4.38. The van der Waals surface area contributed by atoms with E-state index in [0.717, 1.165) is 35.4 Å². The number of rotatable bonds is 1. The number of aliphatic imine (C=N–C) groups is 1. The fourth-order valence-corrected chi connectivity index (χ4v) is 2.09. The van der Waals surface area contributed by atoms with Crippen LogP contribution in [-0.4, -0.2) is 24.4 Å². The van der Waals surface area contributed by atoms with Gasteiger partial charge in [-0.1, -0.05) is 24.3 Å². The highest BCUT2D eigenvalue weighted by atomic mass is 15.2. The van der Waals surface area contributed by atoms with E-state index in [0.29, 0.717) is 0 Å². The van der Waals surface area contributed by atoms with Gasteiger partial charge in [0.25, 0.3) is 0 Å². The highest BCUT2D eigenvalue weighted by Crippen LogP contribution is 2.19. The van der Waals surface area contributed by atoms with E-state index in [1.165, 1.54) is 0 Å². The van der Waals surface area contributed by atoms with Crippen molar-refractivity contribution in [2.75, 3.05) is 18.5 Å². The first-order valence-corrected chi connectivity index (χ1v) is 6.14. The highest BCUT2D eigenvalue weighted by Gasteiger charge is 2.08. The zero-order valence-electron chi connectivity index (χ0n) is 10.4. The zero-order valence-corrected chi connectivity index (χ0v) is 10.4. The standard InChI is InChI=1S/C15H15N3/c1-18(15-8-4-5-9-16-15)13-10-12-6-2-3-7-14(12)17-11-13/h2-4,6-8,10-11H,5,9H2,1H3. The van der Waals surface area contributed by atoms with E-state index < -0.39 is 0 Å². The summed E-state index contributed by atoms with van der Waals surface area (Å²) in [7, 11) is 2.03. The summed E-state index contributed by atoms with van der Waals surface area (Å²) in [5.41, 5.74) is 2.09.